The summed E-state index contributed by atoms with van der Waals surface area (Å²) in [5.74, 6) is 0.737. The Balaban J connectivity index is 1.49. The third kappa shape index (κ3) is 5.60. The first kappa shape index (κ1) is 25.0. The molecule has 0 spiro atoms. The number of thioether (sulfide) groups is 1. The van der Waals surface area contributed by atoms with Crippen molar-refractivity contribution in [3.63, 3.8) is 0 Å². The molecule has 3 aromatic rings. The highest BCUT2D eigenvalue weighted by Crippen LogP contribution is 2.34. The molecule has 1 atom stereocenters. The van der Waals surface area contributed by atoms with E-state index in [0.717, 1.165) is 29.7 Å². The number of rotatable bonds is 8. The first-order valence-corrected chi connectivity index (χ1v) is 12.8. The van der Waals surface area contributed by atoms with Gasteiger partial charge in [-0.15, -0.1) is 16.8 Å². The zero-order valence-electron chi connectivity index (χ0n) is 19.8. The van der Waals surface area contributed by atoms with Crippen LogP contribution in [0.2, 0.25) is 5.02 Å². The Morgan fingerprint density at radius 3 is 2.71 bits per heavy atom. The first-order chi connectivity index (χ1) is 16.9. The molecule has 1 saturated heterocycles. The van der Waals surface area contributed by atoms with Crippen LogP contribution in [0.5, 0.6) is 0 Å². The van der Waals surface area contributed by atoms with Gasteiger partial charge in [-0.05, 0) is 68.1 Å². The molecule has 1 fully saturated rings. The van der Waals surface area contributed by atoms with Crippen molar-refractivity contribution in [3.05, 3.63) is 82.7 Å². The van der Waals surface area contributed by atoms with Crippen LogP contribution in [0.15, 0.2) is 60.3 Å². The molecule has 0 radical (unpaired) electrons. The number of hydrogen-bond donors (Lipinski definition) is 1. The number of allylic oxidation sites excluding steroid dienone is 1. The van der Waals surface area contributed by atoms with Crippen LogP contribution in [0.3, 0.4) is 0 Å². The van der Waals surface area contributed by atoms with E-state index in [4.69, 9.17) is 11.6 Å². The lowest BCUT2D eigenvalue weighted by Crippen LogP contribution is -2.32. The predicted molar refractivity (Wildman–Crippen MR) is 140 cm³/mol. The fourth-order valence-electron chi connectivity index (χ4n) is 4.19. The maximum Gasteiger partial charge on any atom is 0.254 e. The second-order valence-electron chi connectivity index (χ2n) is 8.49. The molecule has 7 nitrogen and oxygen atoms in total. The number of carbonyl (C=O) groups excluding carboxylic acids is 2. The summed E-state index contributed by atoms with van der Waals surface area (Å²) in [5, 5.41) is 13.0. The van der Waals surface area contributed by atoms with E-state index in [1.165, 1.54) is 11.8 Å². The highest BCUT2D eigenvalue weighted by Gasteiger charge is 2.34. The lowest BCUT2D eigenvalue weighted by atomic mass is 10.1. The number of likely N-dealkylation sites (tertiary alicyclic amines) is 1. The lowest BCUT2D eigenvalue weighted by molar-refractivity contribution is -0.113. The number of benzene rings is 2. The molecule has 1 aliphatic heterocycles. The van der Waals surface area contributed by atoms with Crippen molar-refractivity contribution < 1.29 is 9.59 Å². The van der Waals surface area contributed by atoms with Crippen molar-refractivity contribution in [3.8, 4) is 0 Å². The maximum absolute atomic E-state index is 13.2. The number of anilines is 1. The molecule has 1 aromatic heterocycles. The molecule has 1 aliphatic rings. The topological polar surface area (TPSA) is 80.1 Å². The molecule has 4 rings (SSSR count). The lowest BCUT2D eigenvalue weighted by Gasteiger charge is -2.24. The number of carbonyl (C=O) groups is 2. The average Bonchev–Trinajstić information content (AvgIpc) is 3.48. The molecule has 0 bridgehead atoms. The van der Waals surface area contributed by atoms with Crippen LogP contribution >= 0.6 is 23.4 Å². The van der Waals surface area contributed by atoms with E-state index in [2.05, 4.69) is 22.1 Å². The Bertz CT molecular complexity index is 1240. The van der Waals surface area contributed by atoms with Crippen molar-refractivity contribution in [2.24, 2.45) is 0 Å². The van der Waals surface area contributed by atoms with Crippen LogP contribution in [0.4, 0.5) is 5.69 Å². The number of aromatic nitrogens is 3. The molecule has 182 valence electrons. The Morgan fingerprint density at radius 2 is 1.97 bits per heavy atom. The van der Waals surface area contributed by atoms with Gasteiger partial charge in [-0.3, -0.25) is 9.59 Å². The average molecular weight is 510 g/mol. The van der Waals surface area contributed by atoms with E-state index in [9.17, 15) is 9.59 Å². The number of nitrogens with zero attached hydrogens (tertiary/aromatic N) is 4. The Morgan fingerprint density at radius 1 is 1.20 bits per heavy atom. The number of aryl methyl sites for hydroxylation is 1. The van der Waals surface area contributed by atoms with Crippen LogP contribution in [-0.4, -0.2) is 43.8 Å². The third-order valence-electron chi connectivity index (χ3n) is 6.17. The summed E-state index contributed by atoms with van der Waals surface area (Å²) in [6.45, 7) is 9.01. The standard InChI is InChI=1S/C26H28ClN5O2S/c1-4-14-32-24(22-9-6-15-31(22)25(34)19-10-12-20(27)13-11-19)29-30-26(32)35-16-23(33)28-21-8-5-7-17(2)18(21)3/h4-5,7-8,10-13,22H,1,6,9,14-16H2,2-3H3,(H,28,33). The van der Waals surface area contributed by atoms with Gasteiger partial charge in [0.15, 0.2) is 11.0 Å². The number of amides is 2. The van der Waals surface area contributed by atoms with Crippen molar-refractivity contribution in [1.29, 1.82) is 0 Å². The van der Waals surface area contributed by atoms with Crippen LogP contribution in [-0.2, 0) is 11.3 Å². The molecule has 0 saturated carbocycles. The van der Waals surface area contributed by atoms with Crippen LogP contribution in [0.25, 0.3) is 0 Å². The zero-order valence-corrected chi connectivity index (χ0v) is 21.4. The molecule has 2 amide bonds. The number of halogens is 1. The molecule has 0 aliphatic carbocycles. The van der Waals surface area contributed by atoms with Gasteiger partial charge >= 0.3 is 0 Å². The van der Waals surface area contributed by atoms with Crippen LogP contribution < -0.4 is 5.32 Å². The van der Waals surface area contributed by atoms with Gasteiger partial charge in [0.05, 0.1) is 11.8 Å². The Kier molecular flexibility index (Phi) is 7.93. The fraction of sp³-hybridized carbons (Fsp3) is 0.308. The van der Waals surface area contributed by atoms with Gasteiger partial charge in [0, 0.05) is 29.4 Å². The minimum atomic E-state index is -0.191. The van der Waals surface area contributed by atoms with E-state index >= 15 is 0 Å². The highest BCUT2D eigenvalue weighted by atomic mass is 35.5. The van der Waals surface area contributed by atoms with Gasteiger partial charge in [-0.2, -0.15) is 0 Å². The van der Waals surface area contributed by atoms with Gasteiger partial charge in [-0.1, -0.05) is 41.6 Å². The smallest absolute Gasteiger partial charge is 0.254 e. The molecular weight excluding hydrogens is 482 g/mol. The van der Waals surface area contributed by atoms with E-state index in [1.54, 1.807) is 30.3 Å². The molecule has 9 heteroatoms. The summed E-state index contributed by atoms with van der Waals surface area (Å²) >= 11 is 7.31. The largest absolute Gasteiger partial charge is 0.328 e. The number of nitrogens with one attached hydrogen (secondary N) is 1. The van der Waals surface area contributed by atoms with Crippen molar-refractivity contribution >= 4 is 40.9 Å². The molecule has 35 heavy (non-hydrogen) atoms. The SMILES string of the molecule is C=CCn1c(SCC(=O)Nc2cccc(C)c2C)nnc1C1CCCN1C(=O)c1ccc(Cl)cc1. The quantitative estimate of drug-likeness (QED) is 0.323. The van der Waals surface area contributed by atoms with E-state index in [1.807, 2.05) is 41.5 Å². The van der Waals surface area contributed by atoms with Gasteiger partial charge < -0.3 is 14.8 Å². The van der Waals surface area contributed by atoms with Crippen LogP contribution in [0.1, 0.15) is 46.2 Å². The first-order valence-electron chi connectivity index (χ1n) is 11.5. The summed E-state index contributed by atoms with van der Waals surface area (Å²) in [6, 6.07) is 12.6. The van der Waals surface area contributed by atoms with Gasteiger partial charge in [-0.25, -0.2) is 0 Å². The van der Waals surface area contributed by atoms with Crippen molar-refractivity contribution in [2.45, 2.75) is 44.4 Å². The van der Waals surface area contributed by atoms with Gasteiger partial charge in [0.1, 0.15) is 0 Å². The normalized spacial score (nSPS) is 15.3. The molecule has 2 heterocycles. The molecule has 2 aromatic carbocycles. The number of hydrogen-bond acceptors (Lipinski definition) is 5. The van der Waals surface area contributed by atoms with Gasteiger partial charge in [0.2, 0.25) is 5.91 Å². The van der Waals surface area contributed by atoms with Crippen molar-refractivity contribution in [2.75, 3.05) is 17.6 Å². The fourth-order valence-corrected chi connectivity index (χ4v) is 5.07. The molecule has 1 unspecified atom stereocenters. The second-order valence-corrected chi connectivity index (χ2v) is 9.87. The minimum absolute atomic E-state index is 0.0561. The Hall–Kier alpha value is -3.10. The summed E-state index contributed by atoms with van der Waals surface area (Å²) < 4.78 is 1.95. The second kappa shape index (κ2) is 11.1. The summed E-state index contributed by atoms with van der Waals surface area (Å²) in [4.78, 5) is 27.7. The monoisotopic (exact) mass is 509 g/mol. The summed E-state index contributed by atoms with van der Waals surface area (Å²) in [5.41, 5.74) is 3.58. The predicted octanol–water partition coefficient (Wildman–Crippen LogP) is 5.44. The maximum atomic E-state index is 13.2. The molecule has 1 N–H and O–H groups in total. The van der Waals surface area contributed by atoms with Gasteiger partial charge in [0.25, 0.3) is 5.91 Å². The van der Waals surface area contributed by atoms with Crippen molar-refractivity contribution in [1.82, 2.24) is 19.7 Å². The third-order valence-corrected chi connectivity index (χ3v) is 7.39. The Labute approximate surface area is 214 Å². The molecular formula is C26H28ClN5O2S. The van der Waals surface area contributed by atoms with Crippen LogP contribution in [0, 0.1) is 13.8 Å². The summed E-state index contributed by atoms with van der Waals surface area (Å²) in [6.07, 6.45) is 3.45. The van der Waals surface area contributed by atoms with E-state index in [-0.39, 0.29) is 23.6 Å². The van der Waals surface area contributed by atoms with E-state index < -0.39 is 0 Å². The highest BCUT2D eigenvalue weighted by molar-refractivity contribution is 7.99. The van der Waals surface area contributed by atoms with E-state index in [0.29, 0.717) is 34.7 Å². The zero-order chi connectivity index (χ0) is 24.9. The summed E-state index contributed by atoms with van der Waals surface area (Å²) in [7, 11) is 0. The minimum Gasteiger partial charge on any atom is -0.328 e.